The predicted octanol–water partition coefficient (Wildman–Crippen LogP) is 0.823. The van der Waals surface area contributed by atoms with Gasteiger partial charge in [-0.05, 0) is 20.8 Å². The third kappa shape index (κ3) is 6.12. The second-order valence-electron chi connectivity index (χ2n) is 4.00. The highest BCUT2D eigenvalue weighted by molar-refractivity contribution is 7.91. The van der Waals surface area contributed by atoms with Gasteiger partial charge in [-0.25, -0.2) is 8.42 Å². The van der Waals surface area contributed by atoms with E-state index in [0.717, 1.165) is 0 Å². The van der Waals surface area contributed by atoms with Crippen molar-refractivity contribution in [2.45, 2.75) is 45.9 Å². The minimum absolute atomic E-state index is 0.0393. The normalized spacial score (nSPS) is 18.5. The van der Waals surface area contributed by atoms with Gasteiger partial charge in [-0.1, -0.05) is 6.92 Å². The van der Waals surface area contributed by atoms with Gasteiger partial charge in [0, 0.05) is 24.9 Å². The molecule has 0 rings (SSSR count). The van der Waals surface area contributed by atoms with Gasteiger partial charge >= 0.3 is 0 Å². The summed E-state index contributed by atoms with van der Waals surface area (Å²) in [7, 11) is -1.25. The highest BCUT2D eigenvalue weighted by Crippen LogP contribution is 2.00. The maximum absolute atomic E-state index is 11.4. The van der Waals surface area contributed by atoms with Gasteiger partial charge in [0.25, 0.3) is 0 Å². The third-order valence-corrected chi connectivity index (χ3v) is 4.45. The molecule has 92 valence electrons. The van der Waals surface area contributed by atoms with Crippen LogP contribution in [0.2, 0.25) is 0 Å². The molecule has 15 heavy (non-hydrogen) atoms. The van der Waals surface area contributed by atoms with Crippen molar-refractivity contribution in [2.75, 3.05) is 18.6 Å². The second-order valence-corrected chi connectivity index (χ2v) is 6.39. The Hall–Kier alpha value is -0.130. The Bertz CT molecular complexity index is 264. The fourth-order valence-electron chi connectivity index (χ4n) is 1.34. The standard InChI is InChI=1S/C10H23NO3S/c1-6-15(12,13)7-8(2)11-9(3)10(4)14-5/h8-11H,6-7H2,1-5H3. The summed E-state index contributed by atoms with van der Waals surface area (Å²) >= 11 is 0. The van der Waals surface area contributed by atoms with Crippen LogP contribution in [0.3, 0.4) is 0 Å². The van der Waals surface area contributed by atoms with Crippen molar-refractivity contribution in [3.63, 3.8) is 0 Å². The lowest BCUT2D eigenvalue weighted by Crippen LogP contribution is -2.44. The van der Waals surface area contributed by atoms with Crippen LogP contribution in [-0.2, 0) is 14.6 Å². The molecule has 0 saturated carbocycles. The zero-order valence-corrected chi connectivity index (χ0v) is 11.1. The van der Waals surface area contributed by atoms with Gasteiger partial charge in [-0.15, -0.1) is 0 Å². The van der Waals surface area contributed by atoms with Gasteiger partial charge in [-0.2, -0.15) is 0 Å². The van der Waals surface area contributed by atoms with Crippen molar-refractivity contribution < 1.29 is 13.2 Å². The summed E-state index contributed by atoms with van der Waals surface area (Å²) in [6, 6.07) is 0.111. The zero-order chi connectivity index (χ0) is 12.1. The van der Waals surface area contributed by atoms with Crippen molar-refractivity contribution in [1.82, 2.24) is 5.32 Å². The number of sulfone groups is 1. The first-order chi connectivity index (χ1) is 6.82. The van der Waals surface area contributed by atoms with Crippen molar-refractivity contribution in [3.8, 4) is 0 Å². The van der Waals surface area contributed by atoms with Crippen LogP contribution in [0.4, 0.5) is 0 Å². The van der Waals surface area contributed by atoms with Crippen LogP contribution in [0.1, 0.15) is 27.7 Å². The molecule has 0 amide bonds. The van der Waals surface area contributed by atoms with Gasteiger partial charge in [0.15, 0.2) is 9.84 Å². The number of rotatable bonds is 7. The molecule has 0 aliphatic heterocycles. The van der Waals surface area contributed by atoms with Crippen molar-refractivity contribution in [3.05, 3.63) is 0 Å². The van der Waals surface area contributed by atoms with Gasteiger partial charge in [0.2, 0.25) is 0 Å². The minimum Gasteiger partial charge on any atom is -0.380 e. The van der Waals surface area contributed by atoms with E-state index >= 15 is 0 Å². The summed E-state index contributed by atoms with van der Waals surface area (Å²) in [5, 5.41) is 3.22. The van der Waals surface area contributed by atoms with Crippen LogP contribution in [-0.4, -0.2) is 45.2 Å². The Morgan fingerprint density at radius 1 is 1.27 bits per heavy atom. The molecule has 0 fully saturated rings. The predicted molar refractivity (Wildman–Crippen MR) is 62.9 cm³/mol. The largest absolute Gasteiger partial charge is 0.380 e. The Morgan fingerprint density at radius 2 is 1.80 bits per heavy atom. The SMILES string of the molecule is CCS(=O)(=O)CC(C)NC(C)C(C)OC. The van der Waals surface area contributed by atoms with Crippen molar-refractivity contribution in [2.24, 2.45) is 0 Å². The minimum atomic E-state index is -2.90. The van der Waals surface area contributed by atoms with E-state index in [-0.39, 0.29) is 29.7 Å². The first-order valence-electron chi connectivity index (χ1n) is 5.31. The molecular formula is C10H23NO3S. The van der Waals surface area contributed by atoms with E-state index in [9.17, 15) is 8.42 Å². The lowest BCUT2D eigenvalue weighted by Gasteiger charge is -2.24. The Labute approximate surface area is 93.3 Å². The van der Waals surface area contributed by atoms with Gasteiger partial charge in [-0.3, -0.25) is 0 Å². The van der Waals surface area contributed by atoms with Gasteiger partial charge < -0.3 is 10.1 Å². The van der Waals surface area contributed by atoms with E-state index in [1.54, 1.807) is 14.0 Å². The summed E-state index contributed by atoms with van der Waals surface area (Å²) in [6.07, 6.45) is 0.0804. The van der Waals surface area contributed by atoms with E-state index in [1.807, 2.05) is 20.8 Å². The van der Waals surface area contributed by atoms with Gasteiger partial charge in [0.05, 0.1) is 11.9 Å². The number of methoxy groups -OCH3 is 1. The summed E-state index contributed by atoms with van der Waals surface area (Å²) in [4.78, 5) is 0. The molecular weight excluding hydrogens is 214 g/mol. The molecule has 0 saturated heterocycles. The van der Waals surface area contributed by atoms with Crippen LogP contribution in [0.5, 0.6) is 0 Å². The Kier molecular flexibility index (Phi) is 6.40. The van der Waals surface area contributed by atoms with Crippen LogP contribution in [0.25, 0.3) is 0 Å². The molecule has 0 aliphatic carbocycles. The molecule has 0 radical (unpaired) electrons. The fourth-order valence-corrected chi connectivity index (χ4v) is 2.43. The summed E-state index contributed by atoms with van der Waals surface area (Å²) in [5.41, 5.74) is 0. The third-order valence-electron chi connectivity index (χ3n) is 2.57. The van der Waals surface area contributed by atoms with E-state index in [0.29, 0.717) is 0 Å². The maximum Gasteiger partial charge on any atom is 0.151 e. The number of nitrogens with one attached hydrogen (secondary N) is 1. The number of hydrogen-bond donors (Lipinski definition) is 1. The summed E-state index contributed by atoms with van der Waals surface area (Å²) in [5.74, 6) is 0.386. The quantitative estimate of drug-likeness (QED) is 0.712. The number of ether oxygens (including phenoxy) is 1. The highest BCUT2D eigenvalue weighted by atomic mass is 32.2. The van der Waals surface area contributed by atoms with Crippen molar-refractivity contribution in [1.29, 1.82) is 0 Å². The molecule has 1 N–H and O–H groups in total. The molecule has 0 bridgehead atoms. The molecule has 0 spiro atoms. The Balaban J connectivity index is 4.09. The molecule has 4 nitrogen and oxygen atoms in total. The van der Waals surface area contributed by atoms with Crippen LogP contribution in [0, 0.1) is 0 Å². The smallest absolute Gasteiger partial charge is 0.151 e. The van der Waals surface area contributed by atoms with E-state index in [4.69, 9.17) is 4.74 Å². The molecule has 3 atom stereocenters. The average Bonchev–Trinajstić information content (AvgIpc) is 2.15. The van der Waals surface area contributed by atoms with Crippen LogP contribution in [0.15, 0.2) is 0 Å². The first kappa shape index (κ1) is 14.9. The highest BCUT2D eigenvalue weighted by Gasteiger charge is 2.18. The lowest BCUT2D eigenvalue weighted by molar-refractivity contribution is 0.0861. The topological polar surface area (TPSA) is 55.4 Å². The Morgan fingerprint density at radius 3 is 2.20 bits per heavy atom. The van der Waals surface area contributed by atoms with Crippen LogP contribution < -0.4 is 5.32 Å². The van der Waals surface area contributed by atoms with Crippen LogP contribution >= 0.6 is 0 Å². The monoisotopic (exact) mass is 237 g/mol. The maximum atomic E-state index is 11.4. The molecule has 3 unspecified atom stereocenters. The van der Waals surface area contributed by atoms with E-state index in [1.165, 1.54) is 0 Å². The first-order valence-corrected chi connectivity index (χ1v) is 7.13. The lowest BCUT2D eigenvalue weighted by atomic mass is 10.2. The molecule has 0 heterocycles. The molecule has 5 heteroatoms. The number of hydrogen-bond acceptors (Lipinski definition) is 4. The second kappa shape index (κ2) is 6.45. The van der Waals surface area contributed by atoms with E-state index < -0.39 is 9.84 Å². The van der Waals surface area contributed by atoms with Crippen molar-refractivity contribution >= 4 is 9.84 Å². The fraction of sp³-hybridized carbons (Fsp3) is 1.00. The molecule has 0 aromatic rings. The zero-order valence-electron chi connectivity index (χ0n) is 10.3. The average molecular weight is 237 g/mol. The molecule has 0 aliphatic rings. The summed E-state index contributed by atoms with van der Waals surface area (Å²) in [6.45, 7) is 7.50. The van der Waals surface area contributed by atoms with E-state index in [2.05, 4.69) is 5.32 Å². The van der Waals surface area contributed by atoms with Gasteiger partial charge in [0.1, 0.15) is 0 Å². The molecule has 0 aromatic carbocycles. The summed E-state index contributed by atoms with van der Waals surface area (Å²) < 4.78 is 27.9. The molecule has 0 aromatic heterocycles.